The molecule has 0 bridgehead atoms. The molecule has 0 unspecified atom stereocenters. The second-order valence-corrected chi connectivity index (χ2v) is 9.07. The van der Waals surface area contributed by atoms with Crippen molar-refractivity contribution in [1.82, 2.24) is 4.57 Å². The molecule has 0 radical (unpaired) electrons. The van der Waals surface area contributed by atoms with Gasteiger partial charge in [0.2, 0.25) is 5.69 Å². The fourth-order valence-electron chi connectivity index (χ4n) is 5.60. The Morgan fingerprint density at radius 2 is 1.83 bits per heavy atom. The van der Waals surface area contributed by atoms with Crippen molar-refractivity contribution in [3.63, 3.8) is 0 Å². The normalized spacial score (nSPS) is 17.9. The van der Waals surface area contributed by atoms with E-state index in [4.69, 9.17) is 0 Å². The summed E-state index contributed by atoms with van der Waals surface area (Å²) < 4.78 is 4.89. The van der Waals surface area contributed by atoms with E-state index in [-0.39, 0.29) is 5.41 Å². The van der Waals surface area contributed by atoms with Gasteiger partial charge in [-0.2, -0.15) is 4.58 Å². The molecule has 0 fully saturated rings. The average molecular weight is 384 g/mol. The minimum Gasteiger partial charge on any atom is -0.345 e. The van der Waals surface area contributed by atoms with Gasteiger partial charge in [0.1, 0.15) is 7.05 Å². The molecule has 3 aromatic rings. The van der Waals surface area contributed by atoms with Crippen molar-refractivity contribution in [2.45, 2.75) is 58.4 Å². The average Bonchev–Trinajstić information content (AvgIpc) is 3.16. The lowest BCUT2D eigenvalue weighted by Crippen LogP contribution is -2.26. The molecule has 0 saturated heterocycles. The molecular formula is C27H31N2+. The minimum atomic E-state index is 0.0245. The number of para-hydroxylation sites is 1. The zero-order valence-electron chi connectivity index (χ0n) is 18.1. The first-order valence-corrected chi connectivity index (χ1v) is 11.0. The van der Waals surface area contributed by atoms with Gasteiger partial charge in [-0.25, -0.2) is 0 Å². The number of aromatic nitrogens is 1. The van der Waals surface area contributed by atoms with Crippen molar-refractivity contribution in [2.75, 3.05) is 7.05 Å². The first kappa shape index (κ1) is 18.4. The van der Waals surface area contributed by atoms with Gasteiger partial charge in [-0.1, -0.05) is 24.3 Å². The van der Waals surface area contributed by atoms with Crippen molar-refractivity contribution in [1.29, 1.82) is 0 Å². The highest BCUT2D eigenvalue weighted by Gasteiger charge is 2.42. The van der Waals surface area contributed by atoms with Crippen LogP contribution in [0.2, 0.25) is 0 Å². The lowest BCUT2D eigenvalue weighted by molar-refractivity contribution is -0.401. The van der Waals surface area contributed by atoms with E-state index in [1.807, 2.05) is 0 Å². The smallest absolute Gasteiger partial charge is 0.209 e. The quantitative estimate of drug-likeness (QED) is 0.472. The summed E-state index contributed by atoms with van der Waals surface area (Å²) in [6.45, 7) is 8.00. The van der Waals surface area contributed by atoms with Gasteiger partial charge in [-0.3, -0.25) is 0 Å². The van der Waals surface area contributed by atoms with Crippen LogP contribution in [0.5, 0.6) is 0 Å². The van der Waals surface area contributed by atoms with E-state index in [0.717, 1.165) is 6.54 Å². The van der Waals surface area contributed by atoms with Crippen LogP contribution in [0, 0.1) is 0 Å². The number of aryl methyl sites for hydroxylation is 2. The maximum atomic E-state index is 2.54. The topological polar surface area (TPSA) is 7.94 Å². The van der Waals surface area contributed by atoms with Crippen LogP contribution in [0.15, 0.2) is 48.5 Å². The van der Waals surface area contributed by atoms with E-state index in [0.29, 0.717) is 0 Å². The molecule has 2 heterocycles. The molecule has 0 saturated carbocycles. The van der Waals surface area contributed by atoms with Crippen LogP contribution in [0.25, 0.3) is 17.0 Å². The molecule has 5 rings (SSSR count). The van der Waals surface area contributed by atoms with Crippen molar-refractivity contribution >= 4 is 28.4 Å². The minimum absolute atomic E-state index is 0.0245. The summed E-state index contributed by atoms with van der Waals surface area (Å²) in [6, 6.07) is 15.8. The van der Waals surface area contributed by atoms with Gasteiger partial charge in [0.15, 0.2) is 5.71 Å². The van der Waals surface area contributed by atoms with Crippen LogP contribution in [0.1, 0.15) is 56.0 Å². The molecule has 2 aliphatic rings. The van der Waals surface area contributed by atoms with Crippen LogP contribution >= 0.6 is 0 Å². The predicted octanol–water partition coefficient (Wildman–Crippen LogP) is 6.26. The second kappa shape index (κ2) is 6.73. The summed E-state index contributed by atoms with van der Waals surface area (Å²) in [4.78, 5) is 0. The van der Waals surface area contributed by atoms with Crippen LogP contribution < -0.4 is 0 Å². The Morgan fingerprint density at radius 3 is 2.62 bits per heavy atom. The molecule has 0 N–H and O–H groups in total. The van der Waals surface area contributed by atoms with Gasteiger partial charge in [0.25, 0.3) is 0 Å². The number of hydrogen-bond donors (Lipinski definition) is 0. The van der Waals surface area contributed by atoms with Gasteiger partial charge in [-0.15, -0.1) is 0 Å². The summed E-state index contributed by atoms with van der Waals surface area (Å²) in [7, 11) is 2.19. The van der Waals surface area contributed by atoms with Gasteiger partial charge in [0, 0.05) is 40.8 Å². The zero-order chi connectivity index (χ0) is 20.2. The number of fused-ring (bicyclic) bond motifs is 4. The van der Waals surface area contributed by atoms with E-state index in [1.54, 1.807) is 11.3 Å². The van der Waals surface area contributed by atoms with Gasteiger partial charge in [-0.05, 0) is 75.8 Å². The first-order chi connectivity index (χ1) is 14.0. The number of rotatable bonds is 3. The Balaban J connectivity index is 1.56. The van der Waals surface area contributed by atoms with E-state index < -0.39 is 0 Å². The molecule has 0 spiro atoms. The molecule has 0 atom stereocenters. The number of hydrogen-bond acceptors (Lipinski definition) is 0. The molecule has 29 heavy (non-hydrogen) atoms. The lowest BCUT2D eigenvalue weighted by Gasteiger charge is -2.15. The van der Waals surface area contributed by atoms with Gasteiger partial charge < -0.3 is 4.57 Å². The van der Waals surface area contributed by atoms with E-state index >= 15 is 0 Å². The molecule has 1 aromatic heterocycles. The molecule has 2 heteroatoms. The van der Waals surface area contributed by atoms with Crippen LogP contribution in [0.3, 0.4) is 0 Å². The van der Waals surface area contributed by atoms with Gasteiger partial charge >= 0.3 is 0 Å². The highest BCUT2D eigenvalue weighted by Crippen LogP contribution is 2.39. The highest BCUT2D eigenvalue weighted by molar-refractivity contribution is 6.05. The summed E-state index contributed by atoms with van der Waals surface area (Å²) in [5.74, 6) is 0. The summed E-state index contributed by atoms with van der Waals surface area (Å²) in [5.41, 5.74) is 10.00. The standard InChI is InChI=1S/C27H31N2/c1-5-29-23-12-8-6-10-20(23)21-18-19(14-16-24(21)29)15-17-26-27(2,3)22-11-7-9-13-25(22)28(26)4/h7,9,11,13-18H,5-6,8,10,12H2,1-4H3/q+1. The van der Waals surface area contributed by atoms with Crippen LogP contribution in [-0.4, -0.2) is 21.9 Å². The Labute approximate surface area is 174 Å². The monoisotopic (exact) mass is 383 g/mol. The third-order valence-electron chi connectivity index (χ3n) is 7.09. The molecule has 2 nitrogen and oxygen atoms in total. The van der Waals surface area contributed by atoms with E-state index in [2.05, 4.69) is 91.6 Å². The largest absolute Gasteiger partial charge is 0.345 e. The number of benzene rings is 2. The summed E-state index contributed by atoms with van der Waals surface area (Å²) in [5, 5.41) is 1.47. The molecular weight excluding hydrogens is 352 g/mol. The summed E-state index contributed by atoms with van der Waals surface area (Å²) in [6.07, 6.45) is 9.75. The first-order valence-electron chi connectivity index (χ1n) is 11.0. The lowest BCUT2D eigenvalue weighted by atomic mass is 9.81. The number of allylic oxidation sites excluding steroid dienone is 1. The second-order valence-electron chi connectivity index (χ2n) is 9.07. The Morgan fingerprint density at radius 1 is 1.03 bits per heavy atom. The Bertz CT molecular complexity index is 1170. The fourth-order valence-corrected chi connectivity index (χ4v) is 5.60. The highest BCUT2D eigenvalue weighted by atomic mass is 15.0. The Kier molecular flexibility index (Phi) is 4.27. The maximum absolute atomic E-state index is 2.54. The molecule has 148 valence electrons. The molecule has 1 aliphatic carbocycles. The fraction of sp³-hybridized carbons (Fsp3) is 0.370. The molecule has 0 amide bonds. The molecule has 2 aromatic carbocycles. The summed E-state index contributed by atoms with van der Waals surface area (Å²) >= 11 is 0. The van der Waals surface area contributed by atoms with Crippen molar-refractivity contribution < 1.29 is 4.58 Å². The Hall–Kier alpha value is -2.61. The zero-order valence-corrected chi connectivity index (χ0v) is 18.1. The maximum Gasteiger partial charge on any atom is 0.209 e. The number of nitrogens with zero attached hydrogens (tertiary/aromatic N) is 2. The third kappa shape index (κ3) is 2.73. The van der Waals surface area contributed by atoms with Crippen molar-refractivity contribution in [2.24, 2.45) is 0 Å². The molecule has 1 aliphatic heterocycles. The van der Waals surface area contributed by atoms with Crippen LogP contribution in [0.4, 0.5) is 5.69 Å². The van der Waals surface area contributed by atoms with Crippen LogP contribution in [-0.2, 0) is 24.8 Å². The van der Waals surface area contributed by atoms with E-state index in [9.17, 15) is 0 Å². The SMILES string of the molecule is CCn1c2c(c3cc(/C=C/C4=[N+](C)c5ccccc5C4(C)C)ccc31)CCCC2. The van der Waals surface area contributed by atoms with Crippen molar-refractivity contribution in [3.05, 3.63) is 70.9 Å². The predicted molar refractivity (Wildman–Crippen MR) is 124 cm³/mol. The van der Waals surface area contributed by atoms with E-state index in [1.165, 1.54) is 59.1 Å². The van der Waals surface area contributed by atoms with Crippen molar-refractivity contribution in [3.8, 4) is 0 Å². The van der Waals surface area contributed by atoms with Gasteiger partial charge in [0.05, 0.1) is 5.41 Å². The third-order valence-corrected chi connectivity index (χ3v) is 7.09.